The zero-order valence-electron chi connectivity index (χ0n) is 12.4. The molecule has 0 unspecified atom stereocenters. The first-order valence-electron chi connectivity index (χ1n) is 6.90. The highest BCUT2D eigenvalue weighted by Gasteiger charge is 2.10. The van der Waals surface area contributed by atoms with Crippen molar-refractivity contribution in [3.8, 4) is 0 Å². The van der Waals surface area contributed by atoms with Gasteiger partial charge in [0.05, 0.1) is 0 Å². The van der Waals surface area contributed by atoms with Crippen molar-refractivity contribution >= 4 is 40.6 Å². The van der Waals surface area contributed by atoms with Gasteiger partial charge in [0.1, 0.15) is 6.42 Å². The Morgan fingerprint density at radius 3 is 2.13 bits per heavy atom. The van der Waals surface area contributed by atoms with Crippen LogP contribution in [0.4, 0.5) is 11.4 Å². The van der Waals surface area contributed by atoms with Crippen molar-refractivity contribution in [3.63, 3.8) is 0 Å². The van der Waals surface area contributed by atoms with Crippen molar-refractivity contribution < 1.29 is 14.4 Å². The van der Waals surface area contributed by atoms with E-state index in [1.54, 1.807) is 48.5 Å². The van der Waals surface area contributed by atoms with Crippen LogP contribution in [-0.2, 0) is 9.59 Å². The minimum Gasteiger partial charge on any atom is -0.326 e. The smallest absolute Gasteiger partial charge is 0.233 e. The minimum atomic E-state index is -0.461. The zero-order valence-corrected chi connectivity index (χ0v) is 13.2. The molecule has 2 aromatic rings. The van der Waals surface area contributed by atoms with Crippen LogP contribution in [0.15, 0.2) is 48.5 Å². The second kappa shape index (κ2) is 7.56. The Morgan fingerprint density at radius 1 is 0.913 bits per heavy atom. The zero-order chi connectivity index (χ0) is 16.8. The highest BCUT2D eigenvalue weighted by Crippen LogP contribution is 2.14. The molecule has 2 N–H and O–H groups in total. The number of carbonyl (C=O) groups excluding carboxylic acids is 3. The normalized spacial score (nSPS) is 10.0. The van der Waals surface area contributed by atoms with Crippen molar-refractivity contribution in [1.29, 1.82) is 0 Å². The van der Waals surface area contributed by atoms with E-state index in [2.05, 4.69) is 10.6 Å². The van der Waals surface area contributed by atoms with Gasteiger partial charge in [0.2, 0.25) is 11.8 Å². The molecule has 0 fully saturated rings. The predicted octanol–water partition coefficient (Wildman–Crippen LogP) is 3.51. The van der Waals surface area contributed by atoms with Gasteiger partial charge in [0, 0.05) is 22.0 Å². The summed E-state index contributed by atoms with van der Waals surface area (Å²) in [6.07, 6.45) is -0.326. The molecule has 0 bridgehead atoms. The lowest BCUT2D eigenvalue weighted by Gasteiger charge is -2.07. The van der Waals surface area contributed by atoms with E-state index in [1.807, 2.05) is 0 Å². The van der Waals surface area contributed by atoms with Gasteiger partial charge in [0.25, 0.3) is 0 Å². The van der Waals surface area contributed by atoms with Crippen LogP contribution in [0.2, 0.25) is 5.02 Å². The Bertz CT molecular complexity index is 742. The lowest BCUT2D eigenvalue weighted by Crippen LogP contribution is -2.21. The molecule has 2 rings (SSSR count). The van der Waals surface area contributed by atoms with E-state index in [4.69, 9.17) is 11.6 Å². The van der Waals surface area contributed by atoms with Crippen LogP contribution in [0.5, 0.6) is 0 Å². The van der Waals surface area contributed by atoms with Gasteiger partial charge in [0.15, 0.2) is 5.78 Å². The highest BCUT2D eigenvalue weighted by atomic mass is 35.5. The molecule has 5 nitrogen and oxygen atoms in total. The van der Waals surface area contributed by atoms with Crippen LogP contribution in [-0.4, -0.2) is 17.6 Å². The SMILES string of the molecule is CC(=O)c1cccc(NC(=O)CC(=O)Nc2ccc(Cl)cc2)c1. The lowest BCUT2D eigenvalue weighted by atomic mass is 10.1. The van der Waals surface area contributed by atoms with Crippen molar-refractivity contribution in [2.45, 2.75) is 13.3 Å². The van der Waals surface area contributed by atoms with Crippen LogP contribution in [0, 0.1) is 0 Å². The summed E-state index contributed by atoms with van der Waals surface area (Å²) in [5.41, 5.74) is 1.53. The summed E-state index contributed by atoms with van der Waals surface area (Å²) >= 11 is 5.76. The van der Waals surface area contributed by atoms with E-state index in [1.165, 1.54) is 6.92 Å². The number of ketones is 1. The van der Waals surface area contributed by atoms with Crippen LogP contribution in [0.1, 0.15) is 23.7 Å². The van der Waals surface area contributed by atoms with Gasteiger partial charge in [-0.15, -0.1) is 0 Å². The van der Waals surface area contributed by atoms with Gasteiger partial charge in [-0.25, -0.2) is 0 Å². The van der Waals surface area contributed by atoms with E-state index >= 15 is 0 Å². The largest absolute Gasteiger partial charge is 0.326 e. The number of nitrogens with one attached hydrogen (secondary N) is 2. The topological polar surface area (TPSA) is 75.3 Å². The first kappa shape index (κ1) is 16.7. The van der Waals surface area contributed by atoms with E-state index in [-0.39, 0.29) is 12.2 Å². The van der Waals surface area contributed by atoms with E-state index < -0.39 is 11.8 Å². The molecule has 0 aromatic heterocycles. The third kappa shape index (κ3) is 5.23. The molecule has 0 atom stereocenters. The summed E-state index contributed by atoms with van der Waals surface area (Å²) < 4.78 is 0. The summed E-state index contributed by atoms with van der Waals surface area (Å²) in [5, 5.41) is 5.75. The Balaban J connectivity index is 1.91. The summed E-state index contributed by atoms with van der Waals surface area (Å²) in [4.78, 5) is 35.0. The first-order valence-corrected chi connectivity index (χ1v) is 7.28. The van der Waals surface area contributed by atoms with Gasteiger partial charge in [-0.3, -0.25) is 14.4 Å². The molecule has 0 saturated heterocycles. The maximum absolute atomic E-state index is 11.9. The molecule has 0 spiro atoms. The molecule has 23 heavy (non-hydrogen) atoms. The maximum Gasteiger partial charge on any atom is 0.233 e. The fourth-order valence-electron chi connectivity index (χ4n) is 1.91. The third-order valence-corrected chi connectivity index (χ3v) is 3.25. The van der Waals surface area contributed by atoms with E-state index in [0.717, 1.165) is 0 Å². The maximum atomic E-state index is 11.9. The average Bonchev–Trinajstić information content (AvgIpc) is 2.49. The van der Waals surface area contributed by atoms with Crippen LogP contribution < -0.4 is 10.6 Å². The first-order chi connectivity index (χ1) is 10.9. The second-order valence-electron chi connectivity index (χ2n) is 4.92. The van der Waals surface area contributed by atoms with Crippen molar-refractivity contribution in [2.24, 2.45) is 0 Å². The lowest BCUT2D eigenvalue weighted by molar-refractivity contribution is -0.123. The van der Waals surface area contributed by atoms with Gasteiger partial charge in [-0.2, -0.15) is 0 Å². The number of anilines is 2. The summed E-state index contributed by atoms with van der Waals surface area (Å²) in [7, 11) is 0. The second-order valence-corrected chi connectivity index (χ2v) is 5.35. The average molecular weight is 331 g/mol. The van der Waals surface area contributed by atoms with Gasteiger partial charge in [-0.05, 0) is 43.3 Å². The molecule has 0 aliphatic heterocycles. The Morgan fingerprint density at radius 2 is 1.52 bits per heavy atom. The number of hydrogen-bond acceptors (Lipinski definition) is 3. The summed E-state index contributed by atoms with van der Waals surface area (Å²) in [6, 6.07) is 13.1. The number of halogens is 1. The Kier molecular flexibility index (Phi) is 5.49. The summed E-state index contributed by atoms with van der Waals surface area (Å²) in [6.45, 7) is 1.44. The Labute approximate surface area is 138 Å². The van der Waals surface area contributed by atoms with E-state index in [0.29, 0.717) is 22.0 Å². The molecular weight excluding hydrogens is 316 g/mol. The van der Waals surface area contributed by atoms with Gasteiger partial charge < -0.3 is 10.6 Å². The summed E-state index contributed by atoms with van der Waals surface area (Å²) in [5.74, 6) is -0.994. The molecule has 0 heterocycles. The molecule has 0 aliphatic rings. The molecule has 2 aromatic carbocycles. The third-order valence-electron chi connectivity index (χ3n) is 3.00. The van der Waals surface area contributed by atoms with Crippen molar-refractivity contribution in [1.82, 2.24) is 0 Å². The van der Waals surface area contributed by atoms with Crippen LogP contribution >= 0.6 is 11.6 Å². The van der Waals surface area contributed by atoms with Gasteiger partial charge >= 0.3 is 0 Å². The number of Topliss-reactive ketones (excluding diaryl/α,β-unsaturated/α-hetero) is 1. The van der Waals surface area contributed by atoms with Gasteiger partial charge in [-0.1, -0.05) is 23.7 Å². The fraction of sp³-hybridized carbons (Fsp3) is 0.118. The molecule has 2 amide bonds. The standard InChI is InChI=1S/C17H15ClN2O3/c1-11(21)12-3-2-4-15(9-12)20-17(23)10-16(22)19-14-7-5-13(18)6-8-14/h2-9H,10H2,1H3,(H,19,22)(H,20,23). The molecule has 0 saturated carbocycles. The quantitative estimate of drug-likeness (QED) is 0.650. The fourth-order valence-corrected chi connectivity index (χ4v) is 2.03. The Hall–Kier alpha value is -2.66. The van der Waals surface area contributed by atoms with Crippen LogP contribution in [0.25, 0.3) is 0 Å². The molecule has 0 aliphatic carbocycles. The predicted molar refractivity (Wildman–Crippen MR) is 89.8 cm³/mol. The number of carbonyl (C=O) groups is 3. The number of benzene rings is 2. The number of rotatable bonds is 5. The number of hydrogen-bond donors (Lipinski definition) is 2. The van der Waals surface area contributed by atoms with Crippen molar-refractivity contribution in [3.05, 3.63) is 59.1 Å². The highest BCUT2D eigenvalue weighted by molar-refractivity contribution is 6.30. The van der Waals surface area contributed by atoms with E-state index in [9.17, 15) is 14.4 Å². The minimum absolute atomic E-state index is 0.0958. The monoisotopic (exact) mass is 330 g/mol. The van der Waals surface area contributed by atoms with Crippen molar-refractivity contribution in [2.75, 3.05) is 10.6 Å². The molecular formula is C17H15ClN2O3. The molecule has 118 valence electrons. The number of amides is 2. The molecule has 0 radical (unpaired) electrons. The molecule has 6 heteroatoms. The van der Waals surface area contributed by atoms with Crippen LogP contribution in [0.3, 0.4) is 0 Å².